The van der Waals surface area contributed by atoms with Gasteiger partial charge in [0.2, 0.25) is 0 Å². The predicted molar refractivity (Wildman–Crippen MR) is 59.2 cm³/mol. The number of aromatic nitrogens is 1. The van der Waals surface area contributed by atoms with Crippen molar-refractivity contribution in [3.05, 3.63) is 35.2 Å². The first-order valence-corrected chi connectivity index (χ1v) is 5.11. The second kappa shape index (κ2) is 3.93. The first-order valence-electron chi connectivity index (χ1n) is 5.11. The third-order valence-electron chi connectivity index (χ3n) is 2.55. The highest BCUT2D eigenvalue weighted by atomic mass is 14.9. The summed E-state index contributed by atoms with van der Waals surface area (Å²) in [7, 11) is 0. The van der Waals surface area contributed by atoms with Crippen LogP contribution in [-0.2, 0) is 0 Å². The normalized spacial score (nSPS) is 16.6. The number of aryl methyl sites for hydroxylation is 2. The molecule has 2 heterocycles. The summed E-state index contributed by atoms with van der Waals surface area (Å²) in [5.41, 5.74) is 5.01. The molecule has 74 valence electrons. The van der Waals surface area contributed by atoms with Gasteiger partial charge >= 0.3 is 0 Å². The van der Waals surface area contributed by atoms with Crippen molar-refractivity contribution in [2.24, 2.45) is 0 Å². The lowest BCUT2D eigenvalue weighted by Gasteiger charge is -2.15. The van der Waals surface area contributed by atoms with E-state index in [1.165, 1.54) is 16.7 Å². The SMILES string of the molecule is Cc1cnc(C2=CCCNC2)c(C)c1. The second-order valence-corrected chi connectivity index (χ2v) is 3.87. The molecule has 0 spiro atoms. The summed E-state index contributed by atoms with van der Waals surface area (Å²) in [5, 5.41) is 3.37. The summed E-state index contributed by atoms with van der Waals surface area (Å²) >= 11 is 0. The van der Waals surface area contributed by atoms with Gasteiger partial charge in [-0.3, -0.25) is 4.98 Å². The lowest BCUT2D eigenvalue weighted by Crippen LogP contribution is -2.22. The molecule has 0 amide bonds. The molecule has 0 saturated heterocycles. The van der Waals surface area contributed by atoms with E-state index in [1.807, 2.05) is 6.20 Å². The van der Waals surface area contributed by atoms with E-state index in [9.17, 15) is 0 Å². The maximum atomic E-state index is 4.49. The van der Waals surface area contributed by atoms with E-state index in [1.54, 1.807) is 0 Å². The largest absolute Gasteiger partial charge is 0.312 e. The average Bonchev–Trinajstić information content (AvgIpc) is 2.19. The Hall–Kier alpha value is -1.15. The molecule has 14 heavy (non-hydrogen) atoms. The van der Waals surface area contributed by atoms with Gasteiger partial charge < -0.3 is 5.32 Å². The van der Waals surface area contributed by atoms with Gasteiger partial charge in [-0.15, -0.1) is 0 Å². The molecule has 0 aromatic carbocycles. The van der Waals surface area contributed by atoms with Gasteiger partial charge in [-0.05, 0) is 43.5 Å². The number of hydrogen-bond donors (Lipinski definition) is 1. The Bertz CT molecular complexity index is 367. The van der Waals surface area contributed by atoms with Crippen LogP contribution >= 0.6 is 0 Å². The minimum absolute atomic E-state index is 0.955. The topological polar surface area (TPSA) is 24.9 Å². The molecule has 2 nitrogen and oxygen atoms in total. The van der Waals surface area contributed by atoms with Gasteiger partial charge in [-0.1, -0.05) is 12.1 Å². The summed E-state index contributed by atoms with van der Waals surface area (Å²) in [6.07, 6.45) is 5.35. The third-order valence-corrected chi connectivity index (χ3v) is 2.55. The maximum absolute atomic E-state index is 4.49. The van der Waals surface area contributed by atoms with Gasteiger partial charge in [0.15, 0.2) is 0 Å². The van der Waals surface area contributed by atoms with Crippen molar-refractivity contribution < 1.29 is 0 Å². The fourth-order valence-corrected chi connectivity index (χ4v) is 1.88. The molecule has 1 aliphatic heterocycles. The van der Waals surface area contributed by atoms with E-state index in [4.69, 9.17) is 0 Å². The van der Waals surface area contributed by atoms with Crippen molar-refractivity contribution in [1.29, 1.82) is 0 Å². The minimum atomic E-state index is 0.955. The van der Waals surface area contributed by atoms with Gasteiger partial charge in [0, 0.05) is 12.7 Å². The van der Waals surface area contributed by atoms with E-state index in [0.29, 0.717) is 0 Å². The number of nitrogens with one attached hydrogen (secondary N) is 1. The van der Waals surface area contributed by atoms with Crippen LogP contribution in [0.4, 0.5) is 0 Å². The Morgan fingerprint density at radius 3 is 2.86 bits per heavy atom. The molecule has 2 heteroatoms. The zero-order valence-electron chi connectivity index (χ0n) is 8.80. The van der Waals surface area contributed by atoms with Crippen LogP contribution in [0.5, 0.6) is 0 Å². The van der Waals surface area contributed by atoms with E-state index in [-0.39, 0.29) is 0 Å². The van der Waals surface area contributed by atoms with Gasteiger partial charge in [-0.25, -0.2) is 0 Å². The second-order valence-electron chi connectivity index (χ2n) is 3.87. The highest BCUT2D eigenvalue weighted by molar-refractivity contribution is 5.67. The molecule has 1 N–H and O–H groups in total. The lowest BCUT2D eigenvalue weighted by molar-refractivity contribution is 0.736. The highest BCUT2D eigenvalue weighted by Gasteiger charge is 2.09. The van der Waals surface area contributed by atoms with Gasteiger partial charge in [0.25, 0.3) is 0 Å². The molecular weight excluding hydrogens is 172 g/mol. The average molecular weight is 188 g/mol. The molecule has 0 bridgehead atoms. The van der Waals surface area contributed by atoms with E-state index in [0.717, 1.165) is 25.2 Å². The quantitative estimate of drug-likeness (QED) is 0.729. The zero-order valence-corrected chi connectivity index (χ0v) is 8.80. The molecular formula is C12H16N2. The van der Waals surface area contributed by atoms with E-state index in [2.05, 4.69) is 36.3 Å². The highest BCUT2D eigenvalue weighted by Crippen LogP contribution is 2.18. The van der Waals surface area contributed by atoms with Crippen molar-refractivity contribution in [2.45, 2.75) is 20.3 Å². The molecule has 1 aromatic rings. The number of rotatable bonds is 1. The van der Waals surface area contributed by atoms with Crippen LogP contribution in [0.15, 0.2) is 18.3 Å². The van der Waals surface area contributed by atoms with Crippen LogP contribution in [0.1, 0.15) is 23.2 Å². The fourth-order valence-electron chi connectivity index (χ4n) is 1.88. The Kier molecular flexibility index (Phi) is 2.64. The summed E-state index contributed by atoms with van der Waals surface area (Å²) in [5.74, 6) is 0. The van der Waals surface area contributed by atoms with Crippen molar-refractivity contribution in [3.63, 3.8) is 0 Å². The van der Waals surface area contributed by atoms with Crippen LogP contribution in [0.2, 0.25) is 0 Å². The molecule has 0 aliphatic carbocycles. The van der Waals surface area contributed by atoms with Crippen LogP contribution in [0.25, 0.3) is 5.57 Å². The Labute approximate surface area is 85.1 Å². The third kappa shape index (κ3) is 1.85. The minimum Gasteiger partial charge on any atom is -0.312 e. The first kappa shape index (κ1) is 9.41. The van der Waals surface area contributed by atoms with E-state index >= 15 is 0 Å². The number of hydrogen-bond acceptors (Lipinski definition) is 2. The molecule has 0 atom stereocenters. The molecule has 0 saturated carbocycles. The molecule has 0 radical (unpaired) electrons. The van der Waals surface area contributed by atoms with Crippen LogP contribution < -0.4 is 5.32 Å². The standard InChI is InChI=1S/C12H16N2/c1-9-6-10(2)12(14-7-9)11-4-3-5-13-8-11/h4,6-7,13H,3,5,8H2,1-2H3. The molecule has 1 aromatic heterocycles. The van der Waals surface area contributed by atoms with Crippen molar-refractivity contribution in [1.82, 2.24) is 10.3 Å². The Morgan fingerprint density at radius 1 is 1.36 bits per heavy atom. The van der Waals surface area contributed by atoms with Gasteiger partial charge in [0.1, 0.15) is 0 Å². The van der Waals surface area contributed by atoms with Gasteiger partial charge in [0.05, 0.1) is 5.69 Å². The van der Waals surface area contributed by atoms with Crippen molar-refractivity contribution in [3.8, 4) is 0 Å². The van der Waals surface area contributed by atoms with E-state index < -0.39 is 0 Å². The Balaban J connectivity index is 2.35. The van der Waals surface area contributed by atoms with Crippen LogP contribution in [-0.4, -0.2) is 18.1 Å². The summed E-state index contributed by atoms with van der Waals surface area (Å²) in [6.45, 7) is 6.26. The monoisotopic (exact) mass is 188 g/mol. The molecule has 1 aliphatic rings. The number of pyridine rings is 1. The van der Waals surface area contributed by atoms with Crippen LogP contribution in [0.3, 0.4) is 0 Å². The smallest absolute Gasteiger partial charge is 0.0700 e. The molecule has 0 unspecified atom stereocenters. The lowest BCUT2D eigenvalue weighted by atomic mass is 10.0. The summed E-state index contributed by atoms with van der Waals surface area (Å²) < 4.78 is 0. The molecule has 0 fully saturated rings. The van der Waals surface area contributed by atoms with Crippen molar-refractivity contribution >= 4 is 5.57 Å². The maximum Gasteiger partial charge on any atom is 0.0700 e. The Morgan fingerprint density at radius 2 is 2.21 bits per heavy atom. The van der Waals surface area contributed by atoms with Crippen molar-refractivity contribution in [2.75, 3.05) is 13.1 Å². The van der Waals surface area contributed by atoms with Gasteiger partial charge in [-0.2, -0.15) is 0 Å². The first-order chi connectivity index (χ1) is 6.77. The summed E-state index contributed by atoms with van der Waals surface area (Å²) in [4.78, 5) is 4.49. The van der Waals surface area contributed by atoms with Crippen LogP contribution in [0, 0.1) is 13.8 Å². The number of nitrogens with zero attached hydrogens (tertiary/aromatic N) is 1. The predicted octanol–water partition coefficient (Wildman–Crippen LogP) is 2.08. The fraction of sp³-hybridized carbons (Fsp3) is 0.417. The summed E-state index contributed by atoms with van der Waals surface area (Å²) in [6, 6.07) is 2.19. The molecule has 2 rings (SSSR count). The zero-order chi connectivity index (χ0) is 9.97.